The first-order chi connectivity index (χ1) is 7.20. The van der Waals surface area contributed by atoms with E-state index >= 15 is 0 Å². The fourth-order valence-electron chi connectivity index (χ4n) is 1.61. The van der Waals surface area contributed by atoms with Crippen LogP contribution in [0.15, 0.2) is 24.4 Å². The SMILES string of the molecule is CCn1nc(C)cc1-c1ccc(C)cn1. The largest absolute Gasteiger partial charge is 0.263 e. The normalized spacial score (nSPS) is 10.6. The number of hydrogen-bond donors (Lipinski definition) is 0. The number of nitrogens with zero attached hydrogens (tertiary/aromatic N) is 3. The van der Waals surface area contributed by atoms with Crippen molar-refractivity contribution in [3.05, 3.63) is 35.7 Å². The maximum absolute atomic E-state index is 4.41. The first-order valence-corrected chi connectivity index (χ1v) is 5.18. The van der Waals surface area contributed by atoms with Crippen molar-refractivity contribution in [2.45, 2.75) is 27.3 Å². The van der Waals surface area contributed by atoms with Gasteiger partial charge in [0.15, 0.2) is 0 Å². The van der Waals surface area contributed by atoms with Crippen LogP contribution in [-0.4, -0.2) is 14.8 Å². The summed E-state index contributed by atoms with van der Waals surface area (Å²) in [5.74, 6) is 0. The first kappa shape index (κ1) is 9.90. The molecule has 0 N–H and O–H groups in total. The van der Waals surface area contributed by atoms with Gasteiger partial charge in [0, 0.05) is 12.7 Å². The standard InChI is InChI=1S/C12H15N3/c1-4-15-12(7-10(3)14-15)11-6-5-9(2)8-13-11/h5-8H,4H2,1-3H3. The van der Waals surface area contributed by atoms with Crippen molar-refractivity contribution >= 4 is 0 Å². The minimum atomic E-state index is 0.874. The van der Waals surface area contributed by atoms with Gasteiger partial charge in [-0.25, -0.2) is 0 Å². The van der Waals surface area contributed by atoms with E-state index in [0.717, 1.165) is 23.6 Å². The van der Waals surface area contributed by atoms with Crippen LogP contribution in [0, 0.1) is 13.8 Å². The van der Waals surface area contributed by atoms with E-state index in [1.165, 1.54) is 5.56 Å². The fraction of sp³-hybridized carbons (Fsp3) is 0.333. The monoisotopic (exact) mass is 201 g/mol. The molecule has 0 radical (unpaired) electrons. The molecule has 0 aliphatic rings. The van der Waals surface area contributed by atoms with Gasteiger partial charge in [-0.3, -0.25) is 9.67 Å². The molecule has 0 saturated carbocycles. The van der Waals surface area contributed by atoms with E-state index in [4.69, 9.17) is 0 Å². The van der Waals surface area contributed by atoms with Crippen LogP contribution < -0.4 is 0 Å². The van der Waals surface area contributed by atoms with Crippen LogP contribution in [0.4, 0.5) is 0 Å². The molecular weight excluding hydrogens is 186 g/mol. The lowest BCUT2D eigenvalue weighted by atomic mass is 10.2. The molecule has 78 valence electrons. The van der Waals surface area contributed by atoms with E-state index in [2.05, 4.69) is 29.1 Å². The summed E-state index contributed by atoms with van der Waals surface area (Å²) in [7, 11) is 0. The highest BCUT2D eigenvalue weighted by Crippen LogP contribution is 2.18. The second-order valence-corrected chi connectivity index (χ2v) is 3.71. The molecule has 2 aromatic heterocycles. The molecule has 0 bridgehead atoms. The molecule has 0 spiro atoms. The van der Waals surface area contributed by atoms with Gasteiger partial charge < -0.3 is 0 Å². The number of hydrogen-bond acceptors (Lipinski definition) is 2. The summed E-state index contributed by atoms with van der Waals surface area (Å²) in [6, 6.07) is 6.18. The van der Waals surface area contributed by atoms with E-state index in [1.807, 2.05) is 30.8 Å². The summed E-state index contributed by atoms with van der Waals surface area (Å²) in [6.07, 6.45) is 1.89. The fourth-order valence-corrected chi connectivity index (χ4v) is 1.61. The molecule has 2 rings (SSSR count). The number of rotatable bonds is 2. The molecule has 0 fully saturated rings. The lowest BCUT2D eigenvalue weighted by Gasteiger charge is -2.03. The van der Waals surface area contributed by atoms with Gasteiger partial charge in [0.2, 0.25) is 0 Å². The zero-order valence-corrected chi connectivity index (χ0v) is 9.36. The Morgan fingerprint density at radius 3 is 2.67 bits per heavy atom. The average Bonchev–Trinajstić information content (AvgIpc) is 2.61. The molecule has 0 saturated heterocycles. The predicted octanol–water partition coefficient (Wildman–Crippen LogP) is 2.58. The Bertz CT molecular complexity index is 454. The third kappa shape index (κ3) is 1.91. The Morgan fingerprint density at radius 2 is 2.07 bits per heavy atom. The molecule has 3 nitrogen and oxygen atoms in total. The molecule has 2 heterocycles. The maximum atomic E-state index is 4.41. The third-order valence-corrected chi connectivity index (χ3v) is 2.38. The molecule has 3 heteroatoms. The van der Waals surface area contributed by atoms with Gasteiger partial charge in [-0.2, -0.15) is 5.10 Å². The number of pyridine rings is 1. The molecule has 0 aromatic carbocycles. The van der Waals surface area contributed by atoms with Crippen LogP contribution in [-0.2, 0) is 6.54 Å². The summed E-state index contributed by atoms with van der Waals surface area (Å²) in [5.41, 5.74) is 4.30. The van der Waals surface area contributed by atoms with E-state index in [0.29, 0.717) is 0 Å². The average molecular weight is 201 g/mol. The van der Waals surface area contributed by atoms with Crippen molar-refractivity contribution in [2.75, 3.05) is 0 Å². The van der Waals surface area contributed by atoms with Crippen molar-refractivity contribution < 1.29 is 0 Å². The summed E-state index contributed by atoms with van der Waals surface area (Å²) < 4.78 is 1.98. The number of aromatic nitrogens is 3. The first-order valence-electron chi connectivity index (χ1n) is 5.18. The van der Waals surface area contributed by atoms with Crippen LogP contribution in [0.25, 0.3) is 11.4 Å². The molecule has 15 heavy (non-hydrogen) atoms. The van der Waals surface area contributed by atoms with Gasteiger partial charge in [-0.1, -0.05) is 6.07 Å². The predicted molar refractivity (Wildman–Crippen MR) is 60.6 cm³/mol. The quantitative estimate of drug-likeness (QED) is 0.747. The van der Waals surface area contributed by atoms with Crippen LogP contribution in [0.2, 0.25) is 0 Å². The van der Waals surface area contributed by atoms with Crippen molar-refractivity contribution in [1.29, 1.82) is 0 Å². The van der Waals surface area contributed by atoms with Gasteiger partial charge >= 0.3 is 0 Å². The Labute approximate surface area is 89.8 Å². The summed E-state index contributed by atoms with van der Waals surface area (Å²) >= 11 is 0. The van der Waals surface area contributed by atoms with E-state index < -0.39 is 0 Å². The van der Waals surface area contributed by atoms with Crippen molar-refractivity contribution in [1.82, 2.24) is 14.8 Å². The lowest BCUT2D eigenvalue weighted by Crippen LogP contribution is -2.00. The Morgan fingerprint density at radius 1 is 1.27 bits per heavy atom. The molecule has 2 aromatic rings. The van der Waals surface area contributed by atoms with Gasteiger partial charge in [0.25, 0.3) is 0 Å². The molecule has 0 unspecified atom stereocenters. The Hall–Kier alpha value is -1.64. The lowest BCUT2D eigenvalue weighted by molar-refractivity contribution is 0.659. The molecule has 0 aliphatic carbocycles. The topological polar surface area (TPSA) is 30.7 Å². The van der Waals surface area contributed by atoms with Crippen LogP contribution >= 0.6 is 0 Å². The second kappa shape index (κ2) is 3.85. The Balaban J connectivity index is 2.48. The summed E-state index contributed by atoms with van der Waals surface area (Å²) in [5, 5.41) is 4.40. The highest BCUT2D eigenvalue weighted by atomic mass is 15.3. The van der Waals surface area contributed by atoms with Crippen molar-refractivity contribution in [2.24, 2.45) is 0 Å². The van der Waals surface area contributed by atoms with Crippen LogP contribution in [0.3, 0.4) is 0 Å². The van der Waals surface area contributed by atoms with Crippen molar-refractivity contribution in [3.8, 4) is 11.4 Å². The highest BCUT2D eigenvalue weighted by molar-refractivity contribution is 5.55. The smallest absolute Gasteiger partial charge is 0.0883 e. The van der Waals surface area contributed by atoms with E-state index in [-0.39, 0.29) is 0 Å². The minimum absolute atomic E-state index is 0.874. The number of aryl methyl sites for hydroxylation is 3. The maximum Gasteiger partial charge on any atom is 0.0883 e. The minimum Gasteiger partial charge on any atom is -0.263 e. The summed E-state index contributed by atoms with van der Waals surface area (Å²) in [6.45, 7) is 7.01. The van der Waals surface area contributed by atoms with Gasteiger partial charge in [0.05, 0.1) is 17.1 Å². The van der Waals surface area contributed by atoms with E-state index in [9.17, 15) is 0 Å². The van der Waals surface area contributed by atoms with Gasteiger partial charge in [-0.05, 0) is 38.5 Å². The van der Waals surface area contributed by atoms with Crippen LogP contribution in [0.1, 0.15) is 18.2 Å². The molecule has 0 atom stereocenters. The van der Waals surface area contributed by atoms with Gasteiger partial charge in [-0.15, -0.1) is 0 Å². The summed E-state index contributed by atoms with van der Waals surface area (Å²) in [4.78, 5) is 4.41. The highest BCUT2D eigenvalue weighted by Gasteiger charge is 2.06. The van der Waals surface area contributed by atoms with Gasteiger partial charge in [0.1, 0.15) is 0 Å². The molecular formula is C12H15N3. The Kier molecular flexibility index (Phi) is 2.54. The third-order valence-electron chi connectivity index (χ3n) is 2.38. The zero-order chi connectivity index (χ0) is 10.8. The zero-order valence-electron chi connectivity index (χ0n) is 9.36. The molecule has 0 amide bonds. The van der Waals surface area contributed by atoms with E-state index in [1.54, 1.807) is 0 Å². The van der Waals surface area contributed by atoms with Crippen LogP contribution in [0.5, 0.6) is 0 Å². The van der Waals surface area contributed by atoms with Crippen molar-refractivity contribution in [3.63, 3.8) is 0 Å². The molecule has 0 aliphatic heterocycles. The second-order valence-electron chi connectivity index (χ2n) is 3.71.